The molecule has 0 heterocycles. The first-order valence-electron chi connectivity index (χ1n) is 4.98. The smallest absolute Gasteiger partial charge is 0.314 e. The topological polar surface area (TPSA) is 49.0 Å². The first-order chi connectivity index (χ1) is 7.79. The summed E-state index contributed by atoms with van der Waals surface area (Å²) in [5.74, 6) is 0. The molecule has 2 aromatic carbocycles. The molecule has 2 rings (SSSR count). The van der Waals surface area contributed by atoms with Crippen molar-refractivity contribution in [1.29, 1.82) is 0 Å². The van der Waals surface area contributed by atoms with Crippen molar-refractivity contribution in [3.05, 3.63) is 60.7 Å². The van der Waals surface area contributed by atoms with Crippen molar-refractivity contribution >= 4 is 17.4 Å². The molecule has 0 aliphatic rings. The minimum atomic E-state index is -0.489. The van der Waals surface area contributed by atoms with E-state index in [0.717, 1.165) is 11.4 Å². The molecule has 1 radical (unpaired) electrons. The van der Waals surface area contributed by atoms with Crippen LogP contribution in [0.25, 0.3) is 0 Å². The number of hydrogen-bond donors (Lipinski definition) is 1. The summed E-state index contributed by atoms with van der Waals surface area (Å²) >= 11 is 0. The van der Waals surface area contributed by atoms with Crippen LogP contribution in [0, 0.1) is 0 Å². The third kappa shape index (κ3) is 2.10. The summed E-state index contributed by atoms with van der Waals surface area (Å²) < 4.78 is 0. The summed E-state index contributed by atoms with van der Waals surface area (Å²) in [6.45, 7) is 0. The molecular weight excluding hydrogens is 200 g/mol. The maximum Gasteiger partial charge on any atom is 0.473 e. The van der Waals surface area contributed by atoms with E-state index in [9.17, 15) is 4.79 Å². The molecule has 2 N–H and O–H groups in total. The number of carbonyl (C=O) groups is 1. The molecule has 0 aliphatic carbocycles. The molecule has 2 aromatic rings. The van der Waals surface area contributed by atoms with Crippen LogP contribution in [0.15, 0.2) is 60.7 Å². The van der Waals surface area contributed by atoms with E-state index in [4.69, 9.17) is 5.73 Å². The largest absolute Gasteiger partial charge is 0.473 e. The van der Waals surface area contributed by atoms with E-state index in [-0.39, 0.29) is 0 Å². The van der Waals surface area contributed by atoms with Gasteiger partial charge in [-0.15, -0.1) is 0 Å². The van der Waals surface area contributed by atoms with Gasteiger partial charge >= 0.3 is 6.03 Å². The zero-order valence-corrected chi connectivity index (χ0v) is 8.71. The first-order valence-corrected chi connectivity index (χ1v) is 4.98. The minimum absolute atomic E-state index is 0.489. The molecule has 0 aliphatic heterocycles. The van der Waals surface area contributed by atoms with Crippen LogP contribution < -0.4 is 10.6 Å². The van der Waals surface area contributed by atoms with Gasteiger partial charge in [0, 0.05) is 24.3 Å². The number of urea groups is 1. The monoisotopic (exact) mass is 212 g/mol. The molecule has 0 saturated heterocycles. The number of nitrogens with zero attached hydrogens (tertiary/aromatic N) is 1. The van der Waals surface area contributed by atoms with Crippen LogP contribution in [0.2, 0.25) is 0 Å². The van der Waals surface area contributed by atoms with Gasteiger partial charge in [0.05, 0.1) is 0 Å². The van der Waals surface area contributed by atoms with Crippen LogP contribution in [-0.2, 0) is 0 Å². The molecule has 0 saturated carbocycles. The van der Waals surface area contributed by atoms with E-state index in [1.165, 1.54) is 4.90 Å². The average molecular weight is 212 g/mol. The molecule has 3 nitrogen and oxygen atoms in total. The summed E-state index contributed by atoms with van der Waals surface area (Å²) in [7, 11) is 0. The van der Waals surface area contributed by atoms with Crippen molar-refractivity contribution in [3.63, 3.8) is 0 Å². The predicted octanol–water partition coefficient (Wildman–Crippen LogP) is 2.87. The van der Waals surface area contributed by atoms with Crippen molar-refractivity contribution in [2.24, 2.45) is 5.73 Å². The third-order valence-corrected chi connectivity index (χ3v) is 2.25. The van der Waals surface area contributed by atoms with Crippen molar-refractivity contribution < 1.29 is 4.79 Å². The number of rotatable bonds is 2. The molecule has 0 spiro atoms. The van der Waals surface area contributed by atoms with Crippen molar-refractivity contribution in [1.82, 2.24) is 4.90 Å². The molecule has 2 amide bonds. The lowest BCUT2D eigenvalue weighted by Crippen LogP contribution is -2.32. The highest BCUT2D eigenvalue weighted by molar-refractivity contribution is 5.87. The molecule has 16 heavy (non-hydrogen) atoms. The quantitative estimate of drug-likeness (QED) is 0.764. The van der Waals surface area contributed by atoms with Crippen LogP contribution in [0.1, 0.15) is 0 Å². The van der Waals surface area contributed by atoms with Crippen LogP contribution >= 0.6 is 0 Å². The highest BCUT2D eigenvalue weighted by Gasteiger charge is 2.28. The SMILES string of the molecule is NC(=O)[N+](c1ccccc1)c1ccccc1. The molecule has 79 valence electrons. The van der Waals surface area contributed by atoms with E-state index in [2.05, 4.69) is 0 Å². The van der Waals surface area contributed by atoms with Crippen molar-refractivity contribution in [3.8, 4) is 0 Å². The number of primary amides is 1. The van der Waals surface area contributed by atoms with E-state index in [1.807, 2.05) is 60.7 Å². The Bertz CT molecular complexity index is 428. The Labute approximate surface area is 94.1 Å². The van der Waals surface area contributed by atoms with E-state index in [0.29, 0.717) is 0 Å². The summed E-state index contributed by atoms with van der Waals surface area (Å²) in [6, 6.07) is 18.2. The van der Waals surface area contributed by atoms with Gasteiger partial charge < -0.3 is 5.73 Å². The second-order valence-corrected chi connectivity index (χ2v) is 3.34. The Balaban J connectivity index is 2.44. The number of amides is 2. The standard InChI is InChI=1S/C13H12N2O/c14-13(16)15(11-7-3-1-4-8-11)12-9-5-2-6-10-12/h1-10H,(H2,14,16)/q+1. The van der Waals surface area contributed by atoms with Crippen LogP contribution in [-0.4, -0.2) is 6.03 Å². The highest BCUT2D eigenvalue weighted by Crippen LogP contribution is 2.23. The fourth-order valence-corrected chi connectivity index (χ4v) is 1.56. The average Bonchev–Trinajstić information content (AvgIpc) is 2.31. The maximum absolute atomic E-state index is 11.4. The summed E-state index contributed by atoms with van der Waals surface area (Å²) in [6.07, 6.45) is 0. The van der Waals surface area contributed by atoms with Gasteiger partial charge in [-0.3, -0.25) is 0 Å². The molecule has 0 atom stereocenters. The number of para-hydroxylation sites is 2. The fraction of sp³-hybridized carbons (Fsp3) is 0. The third-order valence-electron chi connectivity index (χ3n) is 2.25. The molecule has 0 bridgehead atoms. The second kappa shape index (κ2) is 4.59. The second-order valence-electron chi connectivity index (χ2n) is 3.34. The van der Waals surface area contributed by atoms with E-state index < -0.39 is 6.03 Å². The van der Waals surface area contributed by atoms with Gasteiger partial charge in [-0.25, -0.2) is 4.79 Å². The van der Waals surface area contributed by atoms with Crippen LogP contribution in [0.5, 0.6) is 0 Å². The zero-order chi connectivity index (χ0) is 11.4. The number of hydrogen-bond acceptors (Lipinski definition) is 1. The Hall–Kier alpha value is -2.13. The Morgan fingerprint density at radius 1 is 0.812 bits per heavy atom. The van der Waals surface area contributed by atoms with Gasteiger partial charge in [0.25, 0.3) is 0 Å². The summed E-state index contributed by atoms with van der Waals surface area (Å²) in [5, 5.41) is 0. The molecule has 0 aromatic heterocycles. The van der Waals surface area contributed by atoms with Gasteiger partial charge in [0.2, 0.25) is 0 Å². The minimum Gasteiger partial charge on any atom is -0.314 e. The van der Waals surface area contributed by atoms with E-state index in [1.54, 1.807) is 0 Å². The lowest BCUT2D eigenvalue weighted by molar-refractivity contribution is 0.246. The van der Waals surface area contributed by atoms with Gasteiger partial charge in [0.1, 0.15) is 0 Å². The Kier molecular flexibility index (Phi) is 2.98. The molecule has 0 fully saturated rings. The normalized spacial score (nSPS) is 10.3. The van der Waals surface area contributed by atoms with Gasteiger partial charge in [0.15, 0.2) is 11.4 Å². The van der Waals surface area contributed by atoms with Crippen molar-refractivity contribution in [2.75, 3.05) is 0 Å². The number of nitrogens with two attached hydrogens (primary N) is 1. The highest BCUT2D eigenvalue weighted by atomic mass is 16.2. The Morgan fingerprint density at radius 3 is 1.50 bits per heavy atom. The lowest BCUT2D eigenvalue weighted by atomic mass is 10.2. The number of anilines is 2. The maximum atomic E-state index is 11.4. The number of benzene rings is 2. The zero-order valence-electron chi connectivity index (χ0n) is 8.71. The van der Waals surface area contributed by atoms with Crippen LogP contribution in [0.4, 0.5) is 16.2 Å². The predicted molar refractivity (Wildman–Crippen MR) is 63.9 cm³/mol. The summed E-state index contributed by atoms with van der Waals surface area (Å²) in [5.41, 5.74) is 6.92. The van der Waals surface area contributed by atoms with Gasteiger partial charge in [-0.1, -0.05) is 36.4 Å². The lowest BCUT2D eigenvalue weighted by Gasteiger charge is -2.05. The molecule has 0 unspecified atom stereocenters. The molecular formula is C13H12N2O+. The van der Waals surface area contributed by atoms with Crippen molar-refractivity contribution in [2.45, 2.75) is 0 Å². The molecule has 3 heteroatoms. The van der Waals surface area contributed by atoms with Gasteiger partial charge in [-0.2, -0.15) is 0 Å². The summed E-state index contributed by atoms with van der Waals surface area (Å²) in [4.78, 5) is 12.9. The fourth-order valence-electron chi connectivity index (χ4n) is 1.56. The Morgan fingerprint density at radius 2 is 1.19 bits per heavy atom. The van der Waals surface area contributed by atoms with Gasteiger partial charge in [-0.05, 0) is 4.90 Å². The number of carbonyl (C=O) groups excluding carboxylic acids is 1. The van der Waals surface area contributed by atoms with Crippen LogP contribution in [0.3, 0.4) is 0 Å². The van der Waals surface area contributed by atoms with E-state index >= 15 is 0 Å². The first kappa shape index (κ1) is 10.4.